The molecule has 44 heavy (non-hydrogen) atoms. The van der Waals surface area contributed by atoms with Gasteiger partial charge in [0.05, 0.1) is 18.7 Å². The maximum Gasteiger partial charge on any atom is 0.341 e. The van der Waals surface area contributed by atoms with Crippen LogP contribution in [-0.2, 0) is 27.3 Å². The molecule has 0 aliphatic carbocycles. The summed E-state index contributed by atoms with van der Waals surface area (Å²) in [6.07, 6.45) is 0.521. The number of nitrogens with one attached hydrogen (secondary N) is 3. The first kappa shape index (κ1) is 31.2. The van der Waals surface area contributed by atoms with Gasteiger partial charge in [-0.3, -0.25) is 9.59 Å². The van der Waals surface area contributed by atoms with Gasteiger partial charge in [0.15, 0.2) is 5.11 Å². The molecule has 8 nitrogen and oxygen atoms in total. The summed E-state index contributed by atoms with van der Waals surface area (Å²) in [7, 11) is 0. The molecule has 0 bridgehead atoms. The highest BCUT2D eigenvalue weighted by molar-refractivity contribution is 8.00. The highest BCUT2D eigenvalue weighted by atomic mass is 32.2. The van der Waals surface area contributed by atoms with Gasteiger partial charge >= 0.3 is 5.97 Å². The molecule has 1 aliphatic rings. The predicted molar refractivity (Wildman–Crippen MR) is 181 cm³/mol. The molecule has 2 heterocycles. The topological polar surface area (TPSA) is 99.8 Å². The van der Waals surface area contributed by atoms with Gasteiger partial charge in [-0.15, -0.1) is 23.1 Å². The Balaban J connectivity index is 1.39. The number of fused-ring (bicyclic) bond motifs is 1. The zero-order valence-corrected chi connectivity index (χ0v) is 26.7. The number of hydrogen-bond donors (Lipinski definition) is 3. The van der Waals surface area contributed by atoms with Gasteiger partial charge in [-0.25, -0.2) is 4.79 Å². The summed E-state index contributed by atoms with van der Waals surface area (Å²) in [5, 5.41) is 9.70. The lowest BCUT2D eigenvalue weighted by Crippen LogP contribution is -2.34. The van der Waals surface area contributed by atoms with Crippen molar-refractivity contribution < 1.29 is 19.1 Å². The van der Waals surface area contributed by atoms with Gasteiger partial charge in [-0.1, -0.05) is 54.6 Å². The highest BCUT2D eigenvalue weighted by Gasteiger charge is 2.32. The van der Waals surface area contributed by atoms with Crippen LogP contribution in [0.15, 0.2) is 89.8 Å². The van der Waals surface area contributed by atoms with Crippen molar-refractivity contribution >= 4 is 74.6 Å². The predicted octanol–water partition coefficient (Wildman–Crippen LogP) is 7.11. The second-order valence-electron chi connectivity index (χ2n) is 9.99. The van der Waals surface area contributed by atoms with Crippen LogP contribution in [0.5, 0.6) is 0 Å². The van der Waals surface area contributed by atoms with Gasteiger partial charge in [0.2, 0.25) is 11.8 Å². The van der Waals surface area contributed by atoms with Gasteiger partial charge in [0.1, 0.15) is 10.3 Å². The molecule has 0 fully saturated rings. The average Bonchev–Trinajstić information content (AvgIpc) is 3.38. The van der Waals surface area contributed by atoms with Gasteiger partial charge in [-0.2, -0.15) is 0 Å². The number of ether oxygens (including phenoxy) is 1. The lowest BCUT2D eigenvalue weighted by Gasteiger charge is -2.25. The first-order valence-electron chi connectivity index (χ1n) is 14.1. The largest absolute Gasteiger partial charge is 0.462 e. The molecule has 3 aromatic carbocycles. The van der Waals surface area contributed by atoms with Gasteiger partial charge in [-0.05, 0) is 67.0 Å². The van der Waals surface area contributed by atoms with Crippen LogP contribution in [0.3, 0.4) is 0 Å². The van der Waals surface area contributed by atoms with E-state index in [2.05, 4.69) is 16.0 Å². The number of rotatable bonds is 9. The van der Waals surface area contributed by atoms with Crippen molar-refractivity contribution in [3.05, 3.63) is 106 Å². The number of thioether (sulfide) groups is 1. The molecule has 11 heteroatoms. The Morgan fingerprint density at radius 3 is 2.34 bits per heavy atom. The van der Waals surface area contributed by atoms with Crippen LogP contribution >= 0.6 is 35.3 Å². The van der Waals surface area contributed by atoms with Gasteiger partial charge in [0, 0.05) is 34.6 Å². The Morgan fingerprint density at radius 1 is 0.955 bits per heavy atom. The third-order valence-corrected chi connectivity index (χ3v) is 9.52. The van der Waals surface area contributed by atoms with Crippen molar-refractivity contribution in [3.63, 3.8) is 0 Å². The minimum absolute atomic E-state index is 0.0267. The number of hydrogen-bond acceptors (Lipinski definition) is 7. The first-order chi connectivity index (χ1) is 21.3. The number of thiophene rings is 1. The zero-order chi connectivity index (χ0) is 31.1. The molecule has 0 saturated carbocycles. The summed E-state index contributed by atoms with van der Waals surface area (Å²) >= 11 is 8.22. The Hall–Kier alpha value is -4.19. The summed E-state index contributed by atoms with van der Waals surface area (Å²) < 4.78 is 5.38. The van der Waals surface area contributed by atoms with Crippen LogP contribution in [0, 0.1) is 0 Å². The fourth-order valence-corrected chi connectivity index (χ4v) is 7.43. The third-order valence-electron chi connectivity index (χ3n) is 6.94. The molecule has 0 radical (unpaired) electrons. The lowest BCUT2D eigenvalue weighted by atomic mass is 10.0. The van der Waals surface area contributed by atoms with E-state index in [4.69, 9.17) is 17.0 Å². The number of nitrogens with zero attached hydrogens (tertiary/aromatic N) is 1. The summed E-state index contributed by atoms with van der Waals surface area (Å²) in [6, 6.07) is 26.9. The molecule has 0 saturated heterocycles. The number of benzene rings is 3. The van der Waals surface area contributed by atoms with Crippen molar-refractivity contribution in [2.45, 2.75) is 37.0 Å². The molecule has 2 amide bonds. The Morgan fingerprint density at radius 2 is 1.64 bits per heavy atom. The van der Waals surface area contributed by atoms with Crippen LogP contribution < -0.4 is 16.0 Å². The second kappa shape index (κ2) is 14.5. The van der Waals surface area contributed by atoms with E-state index >= 15 is 0 Å². The maximum absolute atomic E-state index is 14.0. The minimum Gasteiger partial charge on any atom is -0.462 e. The first-order valence-corrected chi connectivity index (χ1v) is 16.3. The normalized spacial score (nSPS) is 12.9. The molecular weight excluding hydrogens is 613 g/mol. The van der Waals surface area contributed by atoms with Crippen LogP contribution in [0.2, 0.25) is 0 Å². The maximum atomic E-state index is 14.0. The second-order valence-corrected chi connectivity index (χ2v) is 12.7. The van der Waals surface area contributed by atoms with E-state index in [-0.39, 0.29) is 18.4 Å². The van der Waals surface area contributed by atoms with E-state index in [9.17, 15) is 14.4 Å². The minimum atomic E-state index is -0.622. The standard InChI is InChI=1S/C33H32N4O4S3/c1-3-41-32(40)28-26-17-18-37(21(2)38)20-27(26)44-31(28)36-30(39)29(22-11-6-4-7-12-22)43-25-16-10-15-24(19-25)35-33(42)34-23-13-8-5-9-14-23/h4-16,19,29H,3,17-18,20H2,1-2H3,(H,36,39)(H2,34,35,42). The van der Waals surface area contributed by atoms with Crippen molar-refractivity contribution in [2.24, 2.45) is 0 Å². The van der Waals surface area contributed by atoms with Crippen LogP contribution in [-0.4, -0.2) is 40.9 Å². The number of para-hydroxylation sites is 1. The van der Waals surface area contributed by atoms with E-state index in [0.29, 0.717) is 35.2 Å². The summed E-state index contributed by atoms with van der Waals surface area (Å²) in [6.45, 7) is 4.41. The van der Waals surface area contributed by atoms with Crippen LogP contribution in [0.1, 0.15) is 45.5 Å². The molecule has 226 valence electrons. The number of carbonyl (C=O) groups is 3. The molecule has 1 atom stereocenters. The number of carbonyl (C=O) groups excluding carboxylic acids is 3. The quantitative estimate of drug-likeness (QED) is 0.101. The molecule has 1 aromatic heterocycles. The van der Waals surface area contributed by atoms with Crippen molar-refractivity contribution in [1.82, 2.24) is 4.90 Å². The summed E-state index contributed by atoms with van der Waals surface area (Å²) in [5.41, 5.74) is 3.69. The smallest absolute Gasteiger partial charge is 0.341 e. The monoisotopic (exact) mass is 644 g/mol. The highest BCUT2D eigenvalue weighted by Crippen LogP contribution is 2.41. The Labute approximate surface area is 270 Å². The van der Waals surface area contributed by atoms with Crippen molar-refractivity contribution in [3.8, 4) is 0 Å². The molecule has 1 aliphatic heterocycles. The number of esters is 1. The van der Waals surface area contributed by atoms with E-state index in [1.54, 1.807) is 11.8 Å². The molecule has 3 N–H and O–H groups in total. The van der Waals surface area contributed by atoms with Gasteiger partial charge < -0.3 is 25.6 Å². The molecule has 5 rings (SSSR count). The van der Waals surface area contributed by atoms with E-state index in [0.717, 1.165) is 32.3 Å². The average molecular weight is 645 g/mol. The molecule has 1 unspecified atom stereocenters. The number of amides is 2. The van der Waals surface area contributed by atoms with E-state index < -0.39 is 11.2 Å². The summed E-state index contributed by atoms with van der Waals surface area (Å²) in [5.74, 6) is -0.770. The SMILES string of the molecule is CCOC(=O)c1c(NC(=O)C(Sc2cccc(NC(=S)Nc3ccccc3)c2)c2ccccc2)sc2c1CCN(C(C)=O)C2. The fraction of sp³-hybridized carbons (Fsp3) is 0.212. The fourth-order valence-electron chi connectivity index (χ4n) is 4.86. The summed E-state index contributed by atoms with van der Waals surface area (Å²) in [4.78, 5) is 42.6. The van der Waals surface area contributed by atoms with Crippen LogP contribution in [0.25, 0.3) is 0 Å². The van der Waals surface area contributed by atoms with Crippen LogP contribution in [0.4, 0.5) is 16.4 Å². The molecular formula is C33H32N4O4S3. The van der Waals surface area contributed by atoms with Gasteiger partial charge in [0.25, 0.3) is 0 Å². The number of anilines is 3. The van der Waals surface area contributed by atoms with Crippen molar-refractivity contribution in [1.29, 1.82) is 0 Å². The Kier molecular flexibility index (Phi) is 10.3. The zero-order valence-electron chi connectivity index (χ0n) is 24.3. The molecule has 4 aromatic rings. The third kappa shape index (κ3) is 7.65. The lowest BCUT2D eigenvalue weighted by molar-refractivity contribution is -0.129. The Bertz CT molecular complexity index is 1660. The molecule has 0 spiro atoms. The van der Waals surface area contributed by atoms with E-state index in [1.165, 1.54) is 30.0 Å². The van der Waals surface area contributed by atoms with Crippen molar-refractivity contribution in [2.75, 3.05) is 29.1 Å². The van der Waals surface area contributed by atoms with E-state index in [1.807, 2.05) is 84.9 Å². The number of thiocarbonyl (C=S) groups is 1.